The first-order valence-electron chi connectivity index (χ1n) is 48.7. The molecule has 0 bridgehead atoms. The number of hydrogen-bond donors (Lipinski definition) is 0. The van der Waals surface area contributed by atoms with Gasteiger partial charge in [-0.25, -0.2) is 0 Å². The standard InChI is InChI=1S/3C44H31BO2/c1-28-15-9-11-21-32(28)35-24-14-26-39-42(35)47-43-36(31-19-7-4-8-20-31)27-37(33-22-12-10-16-29(33)2)44-40(43)45(39)38-25-13-23-34(41(38)46-44)30-17-5-3-6-18-30;1-28-15-9-11-21-32(28)35-24-14-26-39-42(35)47-44-37(33-22-12-10-16-29(33)2)27-36(31-19-7-4-8-20-31)43-40(44)45(39)38-25-13-23-34(41(38)46-43)30-17-5-3-6-18-30;1-28-15-9-11-21-32(28)36-27-37(33-22-12-10-16-29(33)2)44-40-43(36)46-41-34(30-17-5-3-6-18-30)23-13-25-38(41)45(40)39-26-14-24-35(42(39)47-44)31-19-7-4-8-20-31/h3*3-27H,1-2H3. The Morgan fingerprint density at radius 1 is 0.121 bits per heavy atom. The van der Waals surface area contributed by atoms with Gasteiger partial charge in [-0.15, -0.1) is 0 Å². The van der Waals surface area contributed by atoms with Crippen molar-refractivity contribution in [2.24, 2.45) is 0 Å². The Morgan fingerprint density at radius 3 is 0.475 bits per heavy atom. The van der Waals surface area contributed by atoms with Crippen LogP contribution in [0.15, 0.2) is 455 Å². The highest BCUT2D eigenvalue weighted by Gasteiger charge is 2.49. The van der Waals surface area contributed by atoms with Gasteiger partial charge in [0.15, 0.2) is 0 Å². The Morgan fingerprint density at radius 2 is 0.270 bits per heavy atom. The second kappa shape index (κ2) is 35.6. The van der Waals surface area contributed by atoms with E-state index in [0.717, 1.165) is 241 Å². The van der Waals surface area contributed by atoms with Gasteiger partial charge in [-0.3, -0.25) is 0 Å². The van der Waals surface area contributed by atoms with Crippen LogP contribution in [0, 0.1) is 41.5 Å². The van der Waals surface area contributed by atoms with E-state index in [4.69, 9.17) is 28.4 Å². The van der Waals surface area contributed by atoms with Gasteiger partial charge in [0.05, 0.1) is 0 Å². The Hall–Kier alpha value is -17.4. The summed E-state index contributed by atoms with van der Waals surface area (Å²) in [6.07, 6.45) is 0. The van der Waals surface area contributed by atoms with Gasteiger partial charge in [-0.05, 0) is 193 Å². The number of fused-ring (bicyclic) bond motifs is 12. The van der Waals surface area contributed by atoms with Crippen LogP contribution in [0.3, 0.4) is 0 Å². The molecule has 141 heavy (non-hydrogen) atoms. The van der Waals surface area contributed by atoms with Crippen molar-refractivity contribution in [1.29, 1.82) is 0 Å². The van der Waals surface area contributed by atoms with Gasteiger partial charge >= 0.3 is 0 Å². The summed E-state index contributed by atoms with van der Waals surface area (Å²) in [6.45, 7) is 12.8. The lowest BCUT2D eigenvalue weighted by atomic mass is 9.34. The highest BCUT2D eigenvalue weighted by molar-refractivity contribution is 7.00. The zero-order valence-electron chi connectivity index (χ0n) is 79.0. The fourth-order valence-electron chi connectivity index (χ4n) is 22.4. The third-order valence-electron chi connectivity index (χ3n) is 29.2. The van der Waals surface area contributed by atoms with Crippen LogP contribution in [0.5, 0.6) is 69.0 Å². The number of rotatable bonds is 12. The molecular weight excluding hydrogens is 1710 g/mol. The van der Waals surface area contributed by atoms with Crippen molar-refractivity contribution < 1.29 is 28.4 Å². The summed E-state index contributed by atoms with van der Waals surface area (Å²) in [5, 5.41) is 0. The highest BCUT2D eigenvalue weighted by atomic mass is 16.5. The molecule has 0 aliphatic carbocycles. The molecule has 0 unspecified atom stereocenters. The van der Waals surface area contributed by atoms with Crippen molar-refractivity contribution in [3.63, 3.8) is 0 Å². The fraction of sp³-hybridized carbons (Fsp3) is 0.0455. The molecule has 0 aromatic heterocycles. The third-order valence-corrected chi connectivity index (χ3v) is 29.2. The van der Waals surface area contributed by atoms with Crippen LogP contribution < -0.4 is 77.6 Å². The van der Waals surface area contributed by atoms with Gasteiger partial charge in [0.25, 0.3) is 20.1 Å². The monoisotopic (exact) mass is 1810 g/mol. The maximum atomic E-state index is 7.25. The minimum absolute atomic E-state index is 0.0911. The Labute approximate surface area is 824 Å². The van der Waals surface area contributed by atoms with E-state index in [9.17, 15) is 0 Å². The molecule has 0 saturated carbocycles. The van der Waals surface area contributed by atoms with E-state index in [-0.39, 0.29) is 20.1 Å². The van der Waals surface area contributed by atoms with E-state index in [2.05, 4.69) is 497 Å². The maximum absolute atomic E-state index is 7.25. The fourth-order valence-corrected chi connectivity index (χ4v) is 22.4. The van der Waals surface area contributed by atoms with Crippen LogP contribution in [-0.2, 0) is 0 Å². The summed E-state index contributed by atoms with van der Waals surface area (Å²) in [5.41, 5.74) is 44.0. The van der Waals surface area contributed by atoms with Gasteiger partial charge in [-0.2, -0.15) is 0 Å². The molecule has 0 radical (unpaired) electrons. The van der Waals surface area contributed by atoms with Crippen molar-refractivity contribution in [1.82, 2.24) is 0 Å². The number of benzene rings is 21. The van der Waals surface area contributed by atoms with Crippen LogP contribution in [0.1, 0.15) is 33.4 Å². The average molecular weight is 1810 g/mol. The second-order valence-corrected chi connectivity index (χ2v) is 37.5. The van der Waals surface area contributed by atoms with Crippen molar-refractivity contribution in [2.45, 2.75) is 41.5 Å². The molecular formula is C132H93B3O6. The summed E-state index contributed by atoms with van der Waals surface area (Å²) in [6, 6.07) is 161. The molecule has 0 spiro atoms. The number of hydrogen-bond acceptors (Lipinski definition) is 6. The predicted octanol–water partition coefficient (Wildman–Crippen LogP) is 29.1. The third kappa shape index (κ3) is 14.7. The average Bonchev–Trinajstić information content (AvgIpc) is 0.707. The van der Waals surface area contributed by atoms with E-state index in [1.807, 2.05) is 0 Å². The van der Waals surface area contributed by atoms with E-state index < -0.39 is 0 Å². The molecule has 0 fully saturated rings. The second-order valence-electron chi connectivity index (χ2n) is 37.5. The lowest BCUT2D eigenvalue weighted by molar-refractivity contribution is 0.468. The van der Waals surface area contributed by atoms with E-state index in [1.165, 1.54) is 44.5 Å². The first-order chi connectivity index (χ1) is 69.5. The van der Waals surface area contributed by atoms with Crippen molar-refractivity contribution in [2.75, 3.05) is 0 Å². The molecule has 0 N–H and O–H groups in total. The van der Waals surface area contributed by atoms with Crippen LogP contribution in [-0.4, -0.2) is 20.1 Å². The Balaban J connectivity index is 0.000000111. The SMILES string of the molecule is Cc1ccccc1-c1cc(-c2ccccc2C)c2c3c1Oc1c(cccc1-c1ccccc1)B3c1cccc(-c3ccccc3)c1O2.Cc1ccccc1-c1cccc2c1Oc1c(-c3ccccc3)cc(-c3ccccc3C)c3c1B2c1cccc(-c2ccccc2)c1O3.Cc1ccccc1-c1cccc2c1Oc1c(-c3ccccc3C)cc(-c3ccccc3)c3c1B2c1cccc(-c2ccccc2)c1O3. The summed E-state index contributed by atoms with van der Waals surface area (Å²) < 4.78 is 43.3. The minimum Gasteiger partial charge on any atom is -0.457 e. The molecule has 21 aromatic carbocycles. The molecule has 0 saturated heterocycles. The first kappa shape index (κ1) is 85.3. The Kier molecular flexibility index (Phi) is 21.6. The van der Waals surface area contributed by atoms with E-state index in [1.54, 1.807) is 0 Å². The number of ether oxygens (including phenoxy) is 6. The zero-order chi connectivity index (χ0) is 94.5. The molecule has 666 valence electrons. The molecule has 0 atom stereocenters. The molecule has 9 heteroatoms. The number of para-hydroxylation sites is 6. The van der Waals surface area contributed by atoms with Crippen LogP contribution >= 0.6 is 0 Å². The van der Waals surface area contributed by atoms with Gasteiger partial charge in [-0.1, -0.05) is 437 Å². The van der Waals surface area contributed by atoms with Crippen LogP contribution in [0.2, 0.25) is 0 Å². The summed E-state index contributed by atoms with van der Waals surface area (Å²) >= 11 is 0. The molecule has 27 rings (SSSR count). The maximum Gasteiger partial charge on any atom is 0.260 e. The smallest absolute Gasteiger partial charge is 0.260 e. The lowest BCUT2D eigenvalue weighted by Crippen LogP contribution is -2.57. The summed E-state index contributed by atoms with van der Waals surface area (Å²) in [7, 11) is 0. The Bertz CT molecular complexity index is 8250. The molecule has 6 nitrogen and oxygen atoms in total. The molecule has 6 heterocycles. The van der Waals surface area contributed by atoms with Crippen LogP contribution in [0.4, 0.5) is 0 Å². The minimum atomic E-state index is -0.0911. The van der Waals surface area contributed by atoms with E-state index >= 15 is 0 Å². The molecule has 0 amide bonds. The predicted molar refractivity (Wildman–Crippen MR) is 586 cm³/mol. The molecule has 6 aliphatic rings. The zero-order valence-corrected chi connectivity index (χ0v) is 79.0. The van der Waals surface area contributed by atoms with Crippen molar-refractivity contribution in [3.05, 3.63) is 488 Å². The van der Waals surface area contributed by atoms with Crippen molar-refractivity contribution >= 4 is 69.3 Å². The van der Waals surface area contributed by atoms with Gasteiger partial charge in [0, 0.05) is 83.1 Å². The lowest BCUT2D eigenvalue weighted by Gasteiger charge is -2.37. The largest absolute Gasteiger partial charge is 0.457 e. The normalized spacial score (nSPS) is 12.3. The molecule has 21 aromatic rings. The van der Waals surface area contributed by atoms with Gasteiger partial charge in [0.1, 0.15) is 69.0 Å². The van der Waals surface area contributed by atoms with Gasteiger partial charge < -0.3 is 28.4 Å². The number of aryl methyl sites for hydroxylation is 6. The topological polar surface area (TPSA) is 55.4 Å². The van der Waals surface area contributed by atoms with Crippen molar-refractivity contribution in [3.8, 4) is 203 Å². The summed E-state index contributed by atoms with van der Waals surface area (Å²) in [5.74, 6) is 10.6. The van der Waals surface area contributed by atoms with Crippen LogP contribution in [0.25, 0.3) is 134 Å². The molecule has 6 aliphatic heterocycles. The first-order valence-corrected chi connectivity index (χ1v) is 48.7. The summed E-state index contributed by atoms with van der Waals surface area (Å²) in [4.78, 5) is 0. The van der Waals surface area contributed by atoms with Gasteiger partial charge in [0.2, 0.25) is 0 Å². The quantitative estimate of drug-likeness (QED) is 0.114. The highest BCUT2D eigenvalue weighted by Crippen LogP contribution is 2.56. The van der Waals surface area contributed by atoms with E-state index in [0.29, 0.717) is 0 Å².